The second-order valence-corrected chi connectivity index (χ2v) is 14.6. The van der Waals surface area contributed by atoms with Crippen LogP contribution in [0.3, 0.4) is 0 Å². The molecule has 0 saturated carbocycles. The maximum atomic E-state index is 13.5. The Morgan fingerprint density at radius 1 is 0.957 bits per heavy atom. The van der Waals surface area contributed by atoms with Crippen molar-refractivity contribution in [2.24, 2.45) is 0 Å². The number of anilines is 1. The van der Waals surface area contributed by atoms with Gasteiger partial charge in [0.25, 0.3) is 0 Å². The minimum atomic E-state index is -3.63. The Bertz CT molecular complexity index is 1930. The van der Waals surface area contributed by atoms with Crippen LogP contribution >= 0.6 is 15.9 Å². The lowest BCUT2D eigenvalue weighted by Gasteiger charge is -2.24. The number of benzene rings is 4. The number of aromatic nitrogens is 1. The van der Waals surface area contributed by atoms with Crippen LogP contribution in [0.25, 0.3) is 10.9 Å². The smallest absolute Gasteiger partial charge is 0.232 e. The number of nitrogens with one attached hydrogen (secondary N) is 2. The molecule has 0 radical (unpaired) electrons. The van der Waals surface area contributed by atoms with Crippen LogP contribution in [0, 0.1) is 0 Å². The average molecular weight is 701 g/mol. The second-order valence-electron chi connectivity index (χ2n) is 11.8. The maximum Gasteiger partial charge on any atom is 0.232 e. The number of hydrogen-bond acceptors (Lipinski definition) is 5. The number of aryl methyl sites for hydroxylation is 2. The molecule has 0 fully saturated rings. The maximum absolute atomic E-state index is 13.5. The standard InChI is InChI=1S/C37H38BrN3O4S/c1-46(43,44)41(25-26-10-4-2-5-11-26)36-22-28(16-19-32(36)38)37(42)24-39-33(27-12-6-3-7-13-27)20-21-45-29-17-18-31-30-14-8-9-15-34(30)40-35(31)23-29/h2-7,10-13,16-19,22-23,33,39-40H,8-9,14-15,20-21,24-25H2,1H3. The third kappa shape index (κ3) is 7.54. The Labute approximate surface area is 279 Å². The quantitative estimate of drug-likeness (QED) is 0.123. The number of ether oxygens (including phenoxy) is 1. The van der Waals surface area contributed by atoms with Gasteiger partial charge in [-0.15, -0.1) is 0 Å². The molecule has 4 aromatic carbocycles. The minimum Gasteiger partial charge on any atom is -0.493 e. The van der Waals surface area contributed by atoms with Crippen molar-refractivity contribution in [2.75, 3.05) is 23.7 Å². The molecular weight excluding hydrogens is 662 g/mol. The molecule has 0 amide bonds. The van der Waals surface area contributed by atoms with E-state index in [1.807, 2.05) is 66.7 Å². The predicted octanol–water partition coefficient (Wildman–Crippen LogP) is 7.76. The van der Waals surface area contributed by atoms with Gasteiger partial charge in [-0.1, -0.05) is 66.7 Å². The fourth-order valence-corrected chi connectivity index (χ4v) is 7.64. The zero-order chi connectivity index (χ0) is 32.1. The molecule has 6 rings (SSSR count). The normalized spacial score (nSPS) is 13.7. The van der Waals surface area contributed by atoms with E-state index in [0.717, 1.165) is 35.2 Å². The monoisotopic (exact) mass is 699 g/mol. The zero-order valence-electron chi connectivity index (χ0n) is 25.8. The van der Waals surface area contributed by atoms with Crippen molar-refractivity contribution in [2.45, 2.75) is 44.7 Å². The second kappa shape index (κ2) is 14.2. The first-order chi connectivity index (χ1) is 22.3. The summed E-state index contributed by atoms with van der Waals surface area (Å²) in [5.41, 5.74) is 6.69. The summed E-state index contributed by atoms with van der Waals surface area (Å²) in [6, 6.07) is 30.7. The fraction of sp³-hybridized carbons (Fsp3) is 0.270. The van der Waals surface area contributed by atoms with Gasteiger partial charge in [-0.05, 0) is 82.6 Å². The summed E-state index contributed by atoms with van der Waals surface area (Å²) >= 11 is 3.51. The first kappa shape index (κ1) is 32.0. The van der Waals surface area contributed by atoms with Crippen LogP contribution in [-0.2, 0) is 29.4 Å². The molecule has 9 heteroatoms. The topological polar surface area (TPSA) is 91.5 Å². The lowest BCUT2D eigenvalue weighted by Crippen LogP contribution is -2.31. The number of H-pyrrole nitrogens is 1. The highest BCUT2D eigenvalue weighted by molar-refractivity contribution is 9.10. The molecule has 5 aromatic rings. The van der Waals surface area contributed by atoms with E-state index < -0.39 is 10.0 Å². The van der Waals surface area contributed by atoms with Crippen molar-refractivity contribution in [3.63, 3.8) is 0 Å². The van der Waals surface area contributed by atoms with E-state index >= 15 is 0 Å². The summed E-state index contributed by atoms with van der Waals surface area (Å²) in [5.74, 6) is 0.687. The summed E-state index contributed by atoms with van der Waals surface area (Å²) in [7, 11) is -3.63. The molecule has 2 N–H and O–H groups in total. The van der Waals surface area contributed by atoms with Crippen molar-refractivity contribution in [1.82, 2.24) is 10.3 Å². The van der Waals surface area contributed by atoms with Gasteiger partial charge in [-0.2, -0.15) is 0 Å². The molecule has 0 spiro atoms. The molecule has 1 heterocycles. The van der Waals surface area contributed by atoms with Crippen molar-refractivity contribution in [3.8, 4) is 5.75 Å². The number of carbonyl (C=O) groups is 1. The zero-order valence-corrected chi connectivity index (χ0v) is 28.2. The Morgan fingerprint density at radius 3 is 2.46 bits per heavy atom. The van der Waals surface area contributed by atoms with E-state index in [0.29, 0.717) is 28.8 Å². The average Bonchev–Trinajstić information content (AvgIpc) is 3.44. The Morgan fingerprint density at radius 2 is 1.70 bits per heavy atom. The molecule has 1 aromatic heterocycles. The number of fused-ring (bicyclic) bond motifs is 3. The lowest BCUT2D eigenvalue weighted by molar-refractivity contribution is 0.0985. The first-order valence-corrected chi connectivity index (χ1v) is 18.3. The van der Waals surface area contributed by atoms with E-state index in [1.165, 1.54) is 40.0 Å². The highest BCUT2D eigenvalue weighted by atomic mass is 79.9. The molecule has 0 aliphatic heterocycles. The number of nitrogens with zero attached hydrogens (tertiary/aromatic N) is 1. The Kier molecular flexibility index (Phi) is 9.92. The molecule has 1 aliphatic carbocycles. The number of sulfonamides is 1. The van der Waals surface area contributed by atoms with Crippen LogP contribution in [0.15, 0.2) is 102 Å². The SMILES string of the molecule is CS(=O)(=O)N(Cc1ccccc1)c1cc(C(=O)CNC(CCOc2ccc3c4c([nH]c3c2)CCCC4)c2ccccc2)ccc1Br. The number of Topliss-reactive ketones (excluding diaryl/α,β-unsaturated/α-hetero) is 1. The molecule has 1 unspecified atom stereocenters. The molecule has 1 aliphatic rings. The summed E-state index contributed by atoms with van der Waals surface area (Å²) < 4.78 is 33.8. The minimum absolute atomic E-state index is 0.0815. The Balaban J connectivity index is 1.14. The fourth-order valence-electron chi connectivity index (χ4n) is 6.17. The molecule has 1 atom stereocenters. The van der Waals surface area contributed by atoms with Crippen LogP contribution in [0.2, 0.25) is 0 Å². The largest absolute Gasteiger partial charge is 0.493 e. The van der Waals surface area contributed by atoms with Crippen molar-refractivity contribution < 1.29 is 17.9 Å². The third-order valence-electron chi connectivity index (χ3n) is 8.56. The molecule has 0 bridgehead atoms. The van der Waals surface area contributed by atoms with Gasteiger partial charge in [0, 0.05) is 45.2 Å². The number of hydrogen-bond donors (Lipinski definition) is 2. The first-order valence-electron chi connectivity index (χ1n) is 15.7. The van der Waals surface area contributed by atoms with E-state index in [9.17, 15) is 13.2 Å². The summed E-state index contributed by atoms with van der Waals surface area (Å²) in [6.07, 6.45) is 6.54. The van der Waals surface area contributed by atoms with Gasteiger partial charge in [-0.25, -0.2) is 8.42 Å². The lowest BCUT2D eigenvalue weighted by atomic mass is 9.96. The van der Waals surface area contributed by atoms with Crippen LogP contribution in [0.1, 0.15) is 58.0 Å². The molecule has 238 valence electrons. The molecule has 7 nitrogen and oxygen atoms in total. The number of halogens is 1. The Hall–Kier alpha value is -3.92. The molecule has 46 heavy (non-hydrogen) atoms. The summed E-state index contributed by atoms with van der Waals surface area (Å²) in [4.78, 5) is 17.1. The van der Waals surface area contributed by atoms with E-state index in [2.05, 4.69) is 38.4 Å². The molecular formula is C37H38BrN3O4S. The highest BCUT2D eigenvalue weighted by Gasteiger charge is 2.23. The number of ketones is 1. The van der Waals surface area contributed by atoms with Gasteiger partial charge < -0.3 is 15.0 Å². The van der Waals surface area contributed by atoms with Gasteiger partial charge in [0.05, 0.1) is 31.6 Å². The van der Waals surface area contributed by atoms with Crippen LogP contribution < -0.4 is 14.4 Å². The van der Waals surface area contributed by atoms with Crippen LogP contribution in [0.5, 0.6) is 5.75 Å². The summed E-state index contributed by atoms with van der Waals surface area (Å²) in [5, 5.41) is 4.73. The third-order valence-corrected chi connectivity index (χ3v) is 10.4. The highest BCUT2D eigenvalue weighted by Crippen LogP contribution is 2.32. The van der Waals surface area contributed by atoms with Crippen molar-refractivity contribution in [1.29, 1.82) is 0 Å². The predicted molar refractivity (Wildman–Crippen MR) is 188 cm³/mol. The number of carbonyl (C=O) groups excluding carboxylic acids is 1. The van der Waals surface area contributed by atoms with Gasteiger partial charge >= 0.3 is 0 Å². The van der Waals surface area contributed by atoms with Crippen LogP contribution in [-0.4, -0.2) is 38.6 Å². The van der Waals surface area contributed by atoms with Gasteiger partial charge in [0.1, 0.15) is 5.75 Å². The van der Waals surface area contributed by atoms with Gasteiger partial charge in [0.15, 0.2) is 5.78 Å². The van der Waals surface area contributed by atoms with Crippen molar-refractivity contribution in [3.05, 3.63) is 129 Å². The van der Waals surface area contributed by atoms with Crippen molar-refractivity contribution >= 4 is 48.3 Å². The number of aromatic amines is 1. The molecule has 0 saturated heterocycles. The van der Waals surface area contributed by atoms with Gasteiger partial charge in [-0.3, -0.25) is 9.10 Å². The van der Waals surface area contributed by atoms with Gasteiger partial charge in [0.2, 0.25) is 10.0 Å². The summed E-state index contributed by atoms with van der Waals surface area (Å²) in [6.45, 7) is 0.708. The van der Waals surface area contributed by atoms with E-state index in [1.54, 1.807) is 18.2 Å². The van der Waals surface area contributed by atoms with E-state index in [4.69, 9.17) is 4.74 Å². The van der Waals surface area contributed by atoms with E-state index in [-0.39, 0.29) is 24.9 Å². The van der Waals surface area contributed by atoms with Crippen LogP contribution in [0.4, 0.5) is 5.69 Å². The number of rotatable bonds is 13.